The third-order valence-corrected chi connectivity index (χ3v) is 5.22. The molecule has 1 fully saturated rings. The molecule has 2 heterocycles. The predicted molar refractivity (Wildman–Crippen MR) is 102 cm³/mol. The zero-order valence-electron chi connectivity index (χ0n) is 15.0. The van der Waals surface area contributed by atoms with Crippen molar-refractivity contribution in [3.8, 4) is 0 Å². The molecule has 1 saturated heterocycles. The molecule has 0 saturated carbocycles. The molecule has 130 valence electrons. The van der Waals surface area contributed by atoms with Crippen molar-refractivity contribution in [1.82, 2.24) is 19.8 Å². The van der Waals surface area contributed by atoms with Gasteiger partial charge >= 0.3 is 0 Å². The van der Waals surface area contributed by atoms with Crippen molar-refractivity contribution in [3.63, 3.8) is 0 Å². The second kappa shape index (κ2) is 6.98. The summed E-state index contributed by atoms with van der Waals surface area (Å²) in [5.74, 6) is 1.11. The van der Waals surface area contributed by atoms with E-state index < -0.39 is 0 Å². The molecule has 1 aliphatic rings. The Morgan fingerprint density at radius 2 is 1.88 bits per heavy atom. The number of fused-ring (bicyclic) bond motifs is 1. The Balaban J connectivity index is 1.39. The van der Waals surface area contributed by atoms with Crippen molar-refractivity contribution in [2.75, 3.05) is 13.1 Å². The lowest BCUT2D eigenvalue weighted by molar-refractivity contribution is 0.315. The van der Waals surface area contributed by atoms with Crippen molar-refractivity contribution >= 4 is 11.0 Å². The molecule has 1 N–H and O–H groups in total. The summed E-state index contributed by atoms with van der Waals surface area (Å²) in [6, 6.07) is 19.9. The molecule has 1 aromatic heterocycles. The van der Waals surface area contributed by atoms with E-state index in [9.17, 15) is 0 Å². The average Bonchev–Trinajstić information content (AvgIpc) is 3.20. The first-order valence-electron chi connectivity index (χ1n) is 9.14. The van der Waals surface area contributed by atoms with Crippen molar-refractivity contribution in [2.45, 2.75) is 32.0 Å². The van der Waals surface area contributed by atoms with Crippen LogP contribution in [0.4, 0.5) is 0 Å². The van der Waals surface area contributed by atoms with Crippen LogP contribution in [0.2, 0.25) is 0 Å². The van der Waals surface area contributed by atoms with Crippen LogP contribution in [0.1, 0.15) is 30.8 Å². The molecule has 0 spiro atoms. The number of nitrogens with zero attached hydrogens (tertiary/aromatic N) is 3. The third kappa shape index (κ3) is 3.46. The maximum atomic E-state index is 4.83. The minimum absolute atomic E-state index is 0.249. The fourth-order valence-electron chi connectivity index (χ4n) is 3.93. The van der Waals surface area contributed by atoms with E-state index >= 15 is 0 Å². The van der Waals surface area contributed by atoms with Gasteiger partial charge in [-0.2, -0.15) is 0 Å². The molecule has 4 heteroatoms. The highest BCUT2D eigenvalue weighted by Crippen LogP contribution is 2.21. The van der Waals surface area contributed by atoms with Gasteiger partial charge in [-0.3, -0.25) is 4.90 Å². The van der Waals surface area contributed by atoms with Crippen LogP contribution in [-0.2, 0) is 13.6 Å². The number of rotatable bonds is 5. The molecule has 25 heavy (non-hydrogen) atoms. The van der Waals surface area contributed by atoms with Gasteiger partial charge in [0.25, 0.3) is 0 Å². The van der Waals surface area contributed by atoms with Crippen LogP contribution in [0.3, 0.4) is 0 Å². The summed E-state index contributed by atoms with van der Waals surface area (Å²) >= 11 is 0. The smallest absolute Gasteiger partial charge is 0.126 e. The van der Waals surface area contributed by atoms with Crippen LogP contribution in [0.5, 0.6) is 0 Å². The zero-order valence-corrected chi connectivity index (χ0v) is 15.0. The van der Waals surface area contributed by atoms with Crippen molar-refractivity contribution in [2.24, 2.45) is 7.05 Å². The minimum atomic E-state index is 0.249. The predicted octanol–water partition coefficient (Wildman–Crippen LogP) is 3.50. The van der Waals surface area contributed by atoms with E-state index in [-0.39, 0.29) is 6.04 Å². The van der Waals surface area contributed by atoms with Crippen LogP contribution in [0.25, 0.3) is 11.0 Å². The minimum Gasteiger partial charge on any atom is -0.330 e. The van der Waals surface area contributed by atoms with Gasteiger partial charge in [0.1, 0.15) is 5.82 Å². The Morgan fingerprint density at radius 3 is 2.68 bits per heavy atom. The molecule has 1 aliphatic heterocycles. The number of imidazole rings is 1. The standard InChI is InChI=1S/C21H26N4/c1-16(21-23-19-10-6-7-11-20(19)24(21)2)22-18-12-13-25(15-18)14-17-8-4-3-5-9-17/h3-11,16,18,22H,12-15H2,1-2H3. The highest BCUT2D eigenvalue weighted by molar-refractivity contribution is 5.75. The van der Waals surface area contributed by atoms with E-state index in [0.29, 0.717) is 6.04 Å². The van der Waals surface area contributed by atoms with Gasteiger partial charge in [0, 0.05) is 32.7 Å². The van der Waals surface area contributed by atoms with E-state index in [1.54, 1.807) is 0 Å². The van der Waals surface area contributed by atoms with E-state index in [1.807, 2.05) is 0 Å². The normalized spacial score (nSPS) is 19.5. The molecule has 0 aliphatic carbocycles. The highest BCUT2D eigenvalue weighted by Gasteiger charge is 2.25. The van der Waals surface area contributed by atoms with Crippen molar-refractivity contribution in [1.29, 1.82) is 0 Å². The molecule has 0 bridgehead atoms. The van der Waals surface area contributed by atoms with E-state index in [4.69, 9.17) is 4.98 Å². The number of hydrogen-bond acceptors (Lipinski definition) is 3. The Bertz CT molecular complexity index is 839. The van der Waals surface area contributed by atoms with E-state index in [2.05, 4.69) is 83.4 Å². The number of hydrogen-bond donors (Lipinski definition) is 1. The molecule has 2 atom stereocenters. The molecule has 3 aromatic rings. The molecule has 2 aromatic carbocycles. The first-order valence-corrected chi connectivity index (χ1v) is 9.14. The lowest BCUT2D eigenvalue weighted by Gasteiger charge is -2.20. The summed E-state index contributed by atoms with van der Waals surface area (Å²) in [5, 5.41) is 3.79. The number of benzene rings is 2. The van der Waals surface area contributed by atoms with Crippen LogP contribution in [0.15, 0.2) is 54.6 Å². The number of likely N-dealkylation sites (tertiary alicyclic amines) is 1. The number of aryl methyl sites for hydroxylation is 1. The summed E-state index contributed by atoms with van der Waals surface area (Å²) in [5.41, 5.74) is 3.67. The number of nitrogens with one attached hydrogen (secondary N) is 1. The fourth-order valence-corrected chi connectivity index (χ4v) is 3.93. The quantitative estimate of drug-likeness (QED) is 0.775. The summed E-state index contributed by atoms with van der Waals surface area (Å²) in [4.78, 5) is 7.36. The molecule has 4 rings (SSSR count). The van der Waals surface area contributed by atoms with Gasteiger partial charge < -0.3 is 9.88 Å². The SMILES string of the molecule is CC(NC1CCN(Cc2ccccc2)C1)c1nc2ccccc2n1C. The van der Waals surface area contributed by atoms with Crippen LogP contribution >= 0.6 is 0 Å². The first-order chi connectivity index (χ1) is 12.2. The third-order valence-electron chi connectivity index (χ3n) is 5.22. The largest absolute Gasteiger partial charge is 0.330 e. The summed E-state index contributed by atoms with van der Waals surface area (Å²) in [6.45, 7) is 5.52. The second-order valence-electron chi connectivity index (χ2n) is 7.11. The van der Waals surface area contributed by atoms with Gasteiger partial charge in [-0.25, -0.2) is 4.98 Å². The lowest BCUT2D eigenvalue weighted by atomic mass is 10.2. The molecule has 2 unspecified atom stereocenters. The molecule has 0 amide bonds. The van der Waals surface area contributed by atoms with Crippen LogP contribution in [0, 0.1) is 0 Å². The maximum Gasteiger partial charge on any atom is 0.126 e. The monoisotopic (exact) mass is 334 g/mol. The molecule has 0 radical (unpaired) electrons. The van der Waals surface area contributed by atoms with Gasteiger partial charge in [-0.15, -0.1) is 0 Å². The van der Waals surface area contributed by atoms with Gasteiger partial charge in [-0.05, 0) is 31.0 Å². The van der Waals surface area contributed by atoms with Gasteiger partial charge in [0.2, 0.25) is 0 Å². The number of aromatic nitrogens is 2. The van der Waals surface area contributed by atoms with E-state index in [1.165, 1.54) is 17.5 Å². The number of para-hydroxylation sites is 2. The van der Waals surface area contributed by atoms with Gasteiger partial charge in [0.05, 0.1) is 17.1 Å². The second-order valence-corrected chi connectivity index (χ2v) is 7.11. The maximum absolute atomic E-state index is 4.83. The van der Waals surface area contributed by atoms with Crippen molar-refractivity contribution < 1.29 is 0 Å². The highest BCUT2D eigenvalue weighted by atomic mass is 15.2. The summed E-state index contributed by atoms with van der Waals surface area (Å²) in [6.07, 6.45) is 1.20. The molecular weight excluding hydrogens is 308 g/mol. The Kier molecular flexibility index (Phi) is 4.55. The first kappa shape index (κ1) is 16.3. The van der Waals surface area contributed by atoms with Crippen LogP contribution in [-0.4, -0.2) is 33.6 Å². The van der Waals surface area contributed by atoms with Crippen LogP contribution < -0.4 is 5.32 Å². The lowest BCUT2D eigenvalue weighted by Crippen LogP contribution is -2.35. The zero-order chi connectivity index (χ0) is 17.2. The average molecular weight is 334 g/mol. The Hall–Kier alpha value is -2.17. The Morgan fingerprint density at radius 1 is 1.12 bits per heavy atom. The summed E-state index contributed by atoms with van der Waals surface area (Å²) < 4.78 is 2.21. The molecule has 4 nitrogen and oxygen atoms in total. The van der Waals surface area contributed by atoms with Crippen molar-refractivity contribution in [3.05, 3.63) is 66.0 Å². The Labute approximate surface area is 149 Å². The van der Waals surface area contributed by atoms with E-state index in [0.717, 1.165) is 31.0 Å². The fraction of sp³-hybridized carbons (Fsp3) is 0.381. The topological polar surface area (TPSA) is 33.1 Å². The van der Waals surface area contributed by atoms with Gasteiger partial charge in [0.15, 0.2) is 0 Å². The summed E-state index contributed by atoms with van der Waals surface area (Å²) in [7, 11) is 2.11. The van der Waals surface area contributed by atoms with Gasteiger partial charge in [-0.1, -0.05) is 42.5 Å². The molecular formula is C21H26N4.